The van der Waals surface area contributed by atoms with Crippen molar-refractivity contribution in [3.63, 3.8) is 0 Å². The van der Waals surface area contributed by atoms with Crippen LogP contribution in [0, 0.1) is 9.81 Å². The summed E-state index contributed by atoms with van der Waals surface area (Å²) in [5.41, 5.74) is 1.12. The summed E-state index contributed by atoms with van der Waals surface area (Å²) in [6.45, 7) is 3.42. The summed E-state index contributed by atoms with van der Waals surface area (Å²) in [5.74, 6) is -0.754. The van der Waals surface area contributed by atoms with Crippen LogP contribution in [-0.4, -0.2) is 37.1 Å². The van der Waals surface area contributed by atoms with Gasteiger partial charge in [-0.05, 0) is 32.0 Å². The number of nitrogens with one attached hydrogen (secondary N) is 2. The summed E-state index contributed by atoms with van der Waals surface area (Å²) in [4.78, 5) is 44.0. The van der Waals surface area contributed by atoms with Crippen LogP contribution in [0.5, 0.6) is 0 Å². The average molecular weight is 580 g/mol. The van der Waals surface area contributed by atoms with E-state index in [-0.39, 0.29) is 29.3 Å². The van der Waals surface area contributed by atoms with Crippen molar-refractivity contribution in [1.29, 1.82) is 0 Å². The SMILES string of the molecule is COC(=O)C(C)(C)c1ccc(Br)cc1[NH+]=O.COC(=O)Cc1ccc(Br)cc1[NH+]=O.[OH-].[OH-]. The van der Waals surface area contributed by atoms with Crippen LogP contribution >= 0.6 is 31.9 Å². The van der Waals surface area contributed by atoms with Gasteiger partial charge in [0.1, 0.15) is 0 Å². The van der Waals surface area contributed by atoms with Gasteiger partial charge in [-0.15, -0.1) is 0 Å². The molecule has 12 heteroatoms. The van der Waals surface area contributed by atoms with E-state index in [1.54, 1.807) is 55.4 Å². The van der Waals surface area contributed by atoms with Crippen LogP contribution in [0.3, 0.4) is 0 Å². The van der Waals surface area contributed by atoms with Crippen LogP contribution in [0.15, 0.2) is 45.3 Å². The Hall–Kier alpha value is -2.54. The molecule has 2 aromatic rings. The van der Waals surface area contributed by atoms with E-state index in [1.807, 2.05) is 5.18 Å². The molecule has 0 unspecified atom stereocenters. The second kappa shape index (κ2) is 14.5. The Morgan fingerprint density at radius 3 is 1.84 bits per heavy atom. The normalized spacial score (nSPS) is 9.69. The third-order valence-corrected chi connectivity index (χ3v) is 5.19. The monoisotopic (exact) mass is 578 g/mol. The summed E-state index contributed by atoms with van der Waals surface area (Å²) in [6, 6.07) is 10.2. The fourth-order valence-corrected chi connectivity index (χ4v) is 3.26. The summed E-state index contributed by atoms with van der Waals surface area (Å²) >= 11 is 6.49. The Morgan fingerprint density at radius 2 is 1.38 bits per heavy atom. The highest BCUT2D eigenvalue weighted by Crippen LogP contribution is 2.30. The minimum atomic E-state index is -0.859. The molecule has 0 saturated heterocycles. The van der Waals surface area contributed by atoms with E-state index in [0.29, 0.717) is 22.5 Å². The van der Waals surface area contributed by atoms with Crippen molar-refractivity contribution in [3.8, 4) is 0 Å². The molecule has 176 valence electrons. The van der Waals surface area contributed by atoms with Gasteiger partial charge in [0.2, 0.25) is 0 Å². The minimum Gasteiger partial charge on any atom is -0.870 e. The van der Waals surface area contributed by atoms with E-state index in [1.165, 1.54) is 14.2 Å². The van der Waals surface area contributed by atoms with Crippen molar-refractivity contribution in [1.82, 2.24) is 0 Å². The fourth-order valence-electron chi connectivity index (χ4n) is 2.54. The zero-order chi connectivity index (χ0) is 22.9. The van der Waals surface area contributed by atoms with Gasteiger partial charge in [0, 0.05) is 52.4 Å². The highest BCUT2D eigenvalue weighted by atomic mass is 79.9. The number of carbonyl (C=O) groups is 2. The molecular formula is C20H24Br2N2O8. The maximum absolute atomic E-state index is 11.6. The van der Waals surface area contributed by atoms with E-state index in [0.717, 1.165) is 8.95 Å². The van der Waals surface area contributed by atoms with Gasteiger partial charge in [-0.3, -0.25) is 9.59 Å². The quantitative estimate of drug-likeness (QED) is 0.486. The summed E-state index contributed by atoms with van der Waals surface area (Å²) in [7, 11) is 2.64. The molecule has 0 atom stereocenters. The Labute approximate surface area is 201 Å². The second-order valence-corrected chi connectivity index (χ2v) is 8.40. The van der Waals surface area contributed by atoms with Crippen LogP contribution in [0.25, 0.3) is 0 Å². The van der Waals surface area contributed by atoms with Crippen molar-refractivity contribution in [2.24, 2.45) is 0 Å². The molecule has 0 aliphatic carbocycles. The zero-order valence-electron chi connectivity index (χ0n) is 17.8. The Kier molecular flexibility index (Phi) is 14.3. The molecule has 2 rings (SSSR count). The third kappa shape index (κ3) is 8.54. The molecule has 0 aliphatic rings. The topological polar surface area (TPSA) is 175 Å². The van der Waals surface area contributed by atoms with Crippen LogP contribution < -0.4 is 10.4 Å². The lowest BCUT2D eigenvalue weighted by molar-refractivity contribution is -0.380. The van der Waals surface area contributed by atoms with Gasteiger partial charge >= 0.3 is 11.9 Å². The van der Waals surface area contributed by atoms with Gasteiger partial charge in [-0.1, -0.05) is 37.9 Å². The summed E-state index contributed by atoms with van der Waals surface area (Å²) < 4.78 is 10.8. The first-order chi connectivity index (χ1) is 14.1. The van der Waals surface area contributed by atoms with E-state index in [2.05, 4.69) is 36.6 Å². The second-order valence-electron chi connectivity index (χ2n) is 6.56. The van der Waals surface area contributed by atoms with E-state index in [9.17, 15) is 19.4 Å². The first kappa shape index (κ1) is 31.6. The van der Waals surface area contributed by atoms with Crippen LogP contribution in [0.1, 0.15) is 25.0 Å². The van der Waals surface area contributed by atoms with E-state index in [4.69, 9.17) is 4.74 Å². The third-order valence-electron chi connectivity index (χ3n) is 4.20. The highest BCUT2D eigenvalue weighted by Gasteiger charge is 2.35. The van der Waals surface area contributed by atoms with Crippen molar-refractivity contribution < 1.29 is 40.4 Å². The number of hydrogen-bond donors (Lipinski definition) is 2. The lowest BCUT2D eigenvalue weighted by atomic mass is 9.84. The molecule has 0 fully saturated rings. The number of methoxy groups -OCH3 is 2. The zero-order valence-corrected chi connectivity index (χ0v) is 20.9. The van der Waals surface area contributed by atoms with Crippen molar-refractivity contribution in [3.05, 3.63) is 66.3 Å². The van der Waals surface area contributed by atoms with E-state index < -0.39 is 5.41 Å². The molecular weight excluding hydrogens is 556 g/mol. The van der Waals surface area contributed by atoms with E-state index >= 15 is 0 Å². The molecule has 0 spiro atoms. The number of halogens is 2. The van der Waals surface area contributed by atoms with Gasteiger partial charge < -0.3 is 20.4 Å². The van der Waals surface area contributed by atoms with Crippen molar-refractivity contribution in [2.75, 3.05) is 14.2 Å². The molecule has 0 bridgehead atoms. The molecule has 0 radical (unpaired) electrons. The van der Waals surface area contributed by atoms with Crippen molar-refractivity contribution in [2.45, 2.75) is 25.7 Å². The maximum Gasteiger partial charge on any atom is 0.315 e. The average Bonchev–Trinajstić information content (AvgIpc) is 2.74. The molecule has 0 amide bonds. The molecule has 0 saturated carbocycles. The Morgan fingerprint density at radius 1 is 0.875 bits per heavy atom. The fraction of sp³-hybridized carbons (Fsp3) is 0.300. The first-order valence-corrected chi connectivity index (χ1v) is 10.2. The van der Waals surface area contributed by atoms with Gasteiger partial charge in [0.05, 0.1) is 26.1 Å². The van der Waals surface area contributed by atoms with Crippen molar-refractivity contribution >= 4 is 55.2 Å². The number of rotatable bonds is 6. The predicted octanol–water partition coefficient (Wildman–Crippen LogP) is 1.67. The molecule has 32 heavy (non-hydrogen) atoms. The van der Waals surface area contributed by atoms with Crippen LogP contribution in [0.4, 0.5) is 11.4 Å². The van der Waals surface area contributed by atoms with Gasteiger partial charge in [-0.2, -0.15) is 0 Å². The smallest absolute Gasteiger partial charge is 0.315 e. The molecule has 2 aromatic carbocycles. The summed E-state index contributed by atoms with van der Waals surface area (Å²) in [6.07, 6.45) is 0.0916. The number of ether oxygens (including phenoxy) is 2. The van der Waals surface area contributed by atoms with Gasteiger partial charge in [-0.25, -0.2) is 0 Å². The van der Waals surface area contributed by atoms with Crippen LogP contribution in [0.2, 0.25) is 0 Å². The number of esters is 2. The molecule has 10 nitrogen and oxygen atoms in total. The molecule has 0 aliphatic heterocycles. The predicted molar refractivity (Wildman–Crippen MR) is 121 cm³/mol. The minimum absolute atomic E-state index is 0. The molecule has 0 heterocycles. The first-order valence-electron chi connectivity index (χ1n) is 8.60. The van der Waals surface area contributed by atoms with Crippen LogP contribution in [-0.2, 0) is 30.9 Å². The number of hydrogen-bond acceptors (Lipinski definition) is 8. The number of benzene rings is 2. The van der Waals surface area contributed by atoms with Gasteiger partial charge in [0.15, 0.2) is 0 Å². The molecule has 4 N–H and O–H groups in total. The highest BCUT2D eigenvalue weighted by molar-refractivity contribution is 9.10. The lowest BCUT2D eigenvalue weighted by Gasteiger charge is -2.20. The molecule has 0 aromatic heterocycles. The number of nitroso groups, excluding NO2 is 2. The lowest BCUT2D eigenvalue weighted by Crippen LogP contribution is -2.57. The number of carbonyl (C=O) groups excluding carboxylic acids is 2. The largest absolute Gasteiger partial charge is 0.870 e. The summed E-state index contributed by atoms with van der Waals surface area (Å²) in [5, 5.41) is 3.61. The Balaban J connectivity index is 0. The van der Waals surface area contributed by atoms with Gasteiger partial charge in [0.25, 0.3) is 11.4 Å². The standard InChI is InChI=1S/C11H12BrNO3.C9H8BrNO3.2H2O/c1-11(2,10(14)16-3)8-5-4-7(12)6-9(8)13-15;1-14-9(12)4-6-2-3-7(10)5-8(6)11-13;;/h4-6H,1-3H3;2-3,5H,4H2,1H3;2*1H2. The maximum atomic E-state index is 11.6. The Bertz CT molecular complexity index is 951.